The molecule has 10 heteroatoms. The highest BCUT2D eigenvalue weighted by Gasteiger charge is 2.47. The second kappa shape index (κ2) is 21.8. The molecular weight excluding hydrogens is 636 g/mol. The fourth-order valence-electron chi connectivity index (χ4n) is 7.56. The minimum absolute atomic E-state index is 0.0173. The number of nitrogens with zero attached hydrogens (tertiary/aromatic N) is 1. The van der Waals surface area contributed by atoms with Gasteiger partial charge in [-0.05, 0) is 49.6 Å². The molecule has 0 aromatic heterocycles. The number of Topliss-reactive ketones (excluding diaryl/α,β-unsaturated/α-hetero) is 3. The molecule has 0 bridgehead atoms. The van der Waals surface area contributed by atoms with Gasteiger partial charge in [0.15, 0.2) is 11.6 Å². The van der Waals surface area contributed by atoms with Crippen molar-refractivity contribution in [1.82, 2.24) is 10.2 Å². The number of hydrogen-bond donors (Lipinski definition) is 2. The number of likely N-dealkylation sites (N-methyl/N-ethyl adjacent to an activating group) is 2. The average molecular weight is 703 g/mol. The first-order valence-electron chi connectivity index (χ1n) is 18.6. The van der Waals surface area contributed by atoms with Crippen LogP contribution in [0.3, 0.4) is 0 Å². The van der Waals surface area contributed by atoms with E-state index in [1.165, 1.54) is 12.7 Å². The van der Waals surface area contributed by atoms with Crippen molar-refractivity contribution >= 4 is 23.3 Å². The summed E-state index contributed by atoms with van der Waals surface area (Å²) in [6.45, 7) is 11.8. The predicted molar refractivity (Wildman–Crippen MR) is 196 cm³/mol. The molecule has 9 atom stereocenters. The van der Waals surface area contributed by atoms with E-state index in [9.17, 15) is 24.3 Å². The number of nitrogens with one attached hydrogen (secondary N) is 1. The molecule has 1 aromatic rings. The molecule has 1 fully saturated rings. The Morgan fingerprint density at radius 2 is 1.64 bits per heavy atom. The summed E-state index contributed by atoms with van der Waals surface area (Å²) in [7, 11) is 6.61. The van der Waals surface area contributed by atoms with Crippen molar-refractivity contribution in [1.29, 1.82) is 0 Å². The highest BCUT2D eigenvalue weighted by Crippen LogP contribution is 2.34. The molecule has 1 aromatic carbocycles. The van der Waals surface area contributed by atoms with Crippen LogP contribution in [0.5, 0.6) is 0 Å². The molecule has 2 rings (SSSR count). The third-order valence-electron chi connectivity index (χ3n) is 10.8. The van der Waals surface area contributed by atoms with E-state index in [2.05, 4.69) is 12.2 Å². The van der Waals surface area contributed by atoms with Crippen LogP contribution in [0.1, 0.15) is 92.1 Å². The van der Waals surface area contributed by atoms with E-state index in [-0.39, 0.29) is 79.0 Å². The third-order valence-corrected chi connectivity index (χ3v) is 10.8. The summed E-state index contributed by atoms with van der Waals surface area (Å²) in [6, 6.07) is 9.29. The molecule has 1 aliphatic heterocycles. The van der Waals surface area contributed by atoms with Gasteiger partial charge in [0.2, 0.25) is 5.91 Å². The quantitative estimate of drug-likeness (QED) is 0.152. The van der Waals surface area contributed by atoms with Gasteiger partial charge in [-0.15, -0.1) is 0 Å². The van der Waals surface area contributed by atoms with Crippen LogP contribution in [0.25, 0.3) is 0 Å². The Balaban J connectivity index is 2.10. The summed E-state index contributed by atoms with van der Waals surface area (Å²) >= 11 is 0. The van der Waals surface area contributed by atoms with Crippen LogP contribution < -0.4 is 5.32 Å². The normalized spacial score (nSPS) is 22.3. The number of aryl methyl sites for hydroxylation is 1. The van der Waals surface area contributed by atoms with Crippen molar-refractivity contribution in [2.24, 2.45) is 29.6 Å². The Bertz CT molecular complexity index is 1190. The molecule has 50 heavy (non-hydrogen) atoms. The lowest BCUT2D eigenvalue weighted by Crippen LogP contribution is -2.52. The van der Waals surface area contributed by atoms with Gasteiger partial charge in [0.25, 0.3) is 0 Å². The number of methoxy groups -OCH3 is 2. The summed E-state index contributed by atoms with van der Waals surface area (Å²) in [5, 5.41) is 13.4. The number of amides is 1. The Kier molecular flexibility index (Phi) is 19.0. The highest BCUT2D eigenvalue weighted by atomic mass is 16.6. The second-order valence-electron chi connectivity index (χ2n) is 14.9. The van der Waals surface area contributed by atoms with Crippen LogP contribution in [-0.4, -0.2) is 105 Å². The van der Waals surface area contributed by atoms with Gasteiger partial charge >= 0.3 is 0 Å². The van der Waals surface area contributed by atoms with E-state index in [1.807, 2.05) is 65.0 Å². The number of ketones is 3. The topological polar surface area (TPSA) is 131 Å². The first kappa shape index (κ1) is 43.7. The van der Waals surface area contributed by atoms with Gasteiger partial charge in [-0.2, -0.15) is 0 Å². The van der Waals surface area contributed by atoms with Gasteiger partial charge in [0.05, 0.1) is 37.0 Å². The summed E-state index contributed by atoms with van der Waals surface area (Å²) in [6.07, 6.45) is 0.849. The number of carbonyl (C=O) groups is 4. The van der Waals surface area contributed by atoms with E-state index in [0.29, 0.717) is 19.3 Å². The van der Waals surface area contributed by atoms with Gasteiger partial charge in [-0.1, -0.05) is 78.3 Å². The lowest BCUT2D eigenvalue weighted by molar-refractivity contribution is -0.146. The summed E-state index contributed by atoms with van der Waals surface area (Å²) in [5.74, 6) is -1.08. The van der Waals surface area contributed by atoms with Crippen LogP contribution in [0.15, 0.2) is 30.3 Å². The summed E-state index contributed by atoms with van der Waals surface area (Å²) in [4.78, 5) is 55.7. The molecule has 0 radical (unpaired) electrons. The predicted octanol–water partition coefficient (Wildman–Crippen LogP) is 5.07. The summed E-state index contributed by atoms with van der Waals surface area (Å²) in [5.41, 5.74) is 1.17. The van der Waals surface area contributed by atoms with Crippen molar-refractivity contribution in [3.8, 4) is 0 Å². The minimum Gasteiger partial charge on any atom is -0.396 e. The van der Waals surface area contributed by atoms with Crippen LogP contribution in [0, 0.1) is 29.6 Å². The largest absolute Gasteiger partial charge is 0.396 e. The number of benzene rings is 1. The second-order valence-corrected chi connectivity index (χ2v) is 14.9. The van der Waals surface area contributed by atoms with Gasteiger partial charge in [0, 0.05) is 58.8 Å². The molecule has 2 unspecified atom stereocenters. The minimum atomic E-state index is -0.793. The highest BCUT2D eigenvalue weighted by molar-refractivity contribution is 5.90. The Morgan fingerprint density at radius 3 is 2.16 bits per heavy atom. The molecule has 0 aliphatic carbocycles. The molecule has 1 saturated heterocycles. The van der Waals surface area contributed by atoms with E-state index in [1.54, 1.807) is 26.1 Å². The van der Waals surface area contributed by atoms with Gasteiger partial charge in [0.1, 0.15) is 11.9 Å². The maximum atomic E-state index is 14.1. The number of aliphatic hydroxyl groups is 1. The molecule has 0 saturated carbocycles. The van der Waals surface area contributed by atoms with Crippen LogP contribution >= 0.6 is 0 Å². The third kappa shape index (κ3) is 12.0. The van der Waals surface area contributed by atoms with Gasteiger partial charge in [-0.25, -0.2) is 0 Å². The smallest absolute Gasteiger partial charge is 0.226 e. The zero-order chi connectivity index (χ0) is 37.5. The number of aliphatic hydroxyl groups excluding tert-OH is 1. The van der Waals surface area contributed by atoms with E-state index < -0.39 is 36.3 Å². The first-order valence-corrected chi connectivity index (χ1v) is 18.6. The standard InChI is InChI=1S/C40H66N2O8/c1-11-27(6)37(42(8)40(47)30(25(2)3)23-33(46)36(41-7)26(4)5)35(48-9)22-29(44)20-21-34-31(24-43)38(49-10)39(50-34)32(45)19-15-18-28-16-13-12-14-17-28/h12-14,16-17,25-27,30-31,34-39,41,43H,11,15,18-24H2,1-10H3/t27-,30-,31+,34?,35+,36-,37?,38-,39-/m0/s1. The first-order chi connectivity index (χ1) is 23.7. The number of rotatable bonds is 24. The van der Waals surface area contributed by atoms with Gasteiger partial charge < -0.3 is 29.5 Å². The molecule has 1 aliphatic rings. The van der Waals surface area contributed by atoms with Crippen molar-refractivity contribution < 1.29 is 38.5 Å². The number of hydrogen-bond acceptors (Lipinski definition) is 9. The van der Waals surface area contributed by atoms with Crippen molar-refractivity contribution in [3.63, 3.8) is 0 Å². The molecular formula is C40H66N2O8. The van der Waals surface area contributed by atoms with Crippen LogP contribution in [0.2, 0.25) is 0 Å². The Labute approximate surface area is 301 Å². The maximum absolute atomic E-state index is 14.1. The molecule has 1 amide bonds. The van der Waals surface area contributed by atoms with Crippen LogP contribution in [0.4, 0.5) is 0 Å². The number of carbonyl (C=O) groups excluding carboxylic acids is 4. The van der Waals surface area contributed by atoms with Crippen molar-refractivity contribution in [3.05, 3.63) is 35.9 Å². The number of ether oxygens (including phenoxy) is 3. The zero-order valence-electron chi connectivity index (χ0n) is 32.4. The lowest BCUT2D eigenvalue weighted by atomic mass is 9.83. The van der Waals surface area contributed by atoms with Crippen molar-refractivity contribution in [2.45, 2.75) is 129 Å². The van der Waals surface area contributed by atoms with Crippen LogP contribution in [-0.2, 0) is 39.8 Å². The van der Waals surface area contributed by atoms with Gasteiger partial charge in [-0.3, -0.25) is 19.2 Å². The van der Waals surface area contributed by atoms with E-state index in [4.69, 9.17) is 14.2 Å². The molecule has 1 heterocycles. The zero-order valence-corrected chi connectivity index (χ0v) is 32.4. The molecule has 10 nitrogen and oxygen atoms in total. The van der Waals surface area contributed by atoms with E-state index >= 15 is 0 Å². The monoisotopic (exact) mass is 702 g/mol. The fourth-order valence-corrected chi connectivity index (χ4v) is 7.56. The molecule has 0 spiro atoms. The lowest BCUT2D eigenvalue weighted by Gasteiger charge is -2.40. The summed E-state index contributed by atoms with van der Waals surface area (Å²) < 4.78 is 17.8. The molecule has 2 N–H and O–H groups in total. The van der Waals surface area contributed by atoms with E-state index in [0.717, 1.165) is 12.8 Å². The average Bonchev–Trinajstić information content (AvgIpc) is 3.46. The molecule has 284 valence electrons. The SMILES string of the molecule is CC[C@H](C)C([C@@H](CC(=O)CCC1O[C@@H](C(=O)CCCc2ccccc2)[C@@H](OC)[C@@H]1CO)OC)N(C)C(=O)[C@@H](CC(=O)[C@@H](NC)C(C)C)C(C)C. The Morgan fingerprint density at radius 1 is 0.980 bits per heavy atom. The fraction of sp³-hybridized carbons (Fsp3) is 0.750. The maximum Gasteiger partial charge on any atom is 0.226 e. The Hall–Kier alpha value is -2.50. The van der Waals surface area contributed by atoms with Crippen molar-refractivity contribution in [2.75, 3.05) is 34.9 Å².